The fourth-order valence-electron chi connectivity index (χ4n) is 1.51. The van der Waals surface area contributed by atoms with E-state index in [1.54, 1.807) is 12.1 Å². The van der Waals surface area contributed by atoms with Crippen LogP contribution in [0.25, 0.3) is 0 Å². The number of rotatable bonds is 3. The number of methoxy groups -OCH3 is 1. The van der Waals surface area contributed by atoms with E-state index in [4.69, 9.17) is 15.7 Å². The summed E-state index contributed by atoms with van der Waals surface area (Å²) in [6.45, 7) is 0. The predicted octanol–water partition coefficient (Wildman–Crippen LogP) is 1.12. The Morgan fingerprint density at radius 2 is 2.32 bits per heavy atom. The highest BCUT2D eigenvalue weighted by atomic mass is 16.5. The van der Waals surface area contributed by atoms with Crippen LogP contribution in [0, 0.1) is 11.3 Å². The number of nitriles is 1. The summed E-state index contributed by atoms with van der Waals surface area (Å²) < 4.78 is 5.11. The molecule has 0 fully saturated rings. The Morgan fingerprint density at radius 3 is 2.89 bits per heavy atom. The van der Waals surface area contributed by atoms with E-state index in [0.717, 1.165) is 0 Å². The second-order valence-corrected chi connectivity index (χ2v) is 3.69. The number of nitrogens with one attached hydrogen (secondary N) is 2. The third-order valence-electron chi connectivity index (χ3n) is 2.42. The van der Waals surface area contributed by atoms with Crippen molar-refractivity contribution in [3.63, 3.8) is 0 Å². The topological polar surface area (TPSA) is 117 Å². The van der Waals surface area contributed by atoms with Gasteiger partial charge in [-0.25, -0.2) is 0 Å². The van der Waals surface area contributed by atoms with E-state index in [2.05, 4.69) is 15.5 Å². The quantitative estimate of drug-likeness (QED) is 0.761. The van der Waals surface area contributed by atoms with Gasteiger partial charge >= 0.3 is 0 Å². The molecule has 4 N–H and O–H groups in total. The molecule has 1 amide bonds. The molecule has 1 aromatic heterocycles. The number of anilines is 2. The summed E-state index contributed by atoms with van der Waals surface area (Å²) in [6, 6.07) is 8.13. The number of hydrogen-bond acceptors (Lipinski definition) is 5. The summed E-state index contributed by atoms with van der Waals surface area (Å²) in [4.78, 5) is 11.9. The van der Waals surface area contributed by atoms with Gasteiger partial charge in [0.1, 0.15) is 17.3 Å². The van der Waals surface area contributed by atoms with Crippen molar-refractivity contribution in [3.05, 3.63) is 35.5 Å². The van der Waals surface area contributed by atoms with Crippen molar-refractivity contribution < 1.29 is 9.53 Å². The molecule has 0 aliphatic carbocycles. The number of nitrogen functional groups attached to an aromatic ring is 1. The lowest BCUT2D eigenvalue weighted by atomic mass is 10.2. The Kier molecular flexibility index (Phi) is 3.34. The Morgan fingerprint density at radius 1 is 1.53 bits per heavy atom. The van der Waals surface area contributed by atoms with Gasteiger partial charge in [0.2, 0.25) is 0 Å². The maximum absolute atomic E-state index is 11.9. The molecule has 96 valence electrons. The van der Waals surface area contributed by atoms with Gasteiger partial charge in [0.05, 0.1) is 24.4 Å². The standard InChI is InChI=1S/C12H11N5O2/c1-19-10-4-7(6-13)2-3-8(10)15-12(18)9-5-11(14)17-16-9/h2-5H,1H3,(H,15,18)(H3,14,16,17). The van der Waals surface area contributed by atoms with Gasteiger partial charge < -0.3 is 15.8 Å². The molecule has 19 heavy (non-hydrogen) atoms. The van der Waals surface area contributed by atoms with E-state index in [1.807, 2.05) is 6.07 Å². The van der Waals surface area contributed by atoms with Crippen molar-refractivity contribution in [2.24, 2.45) is 0 Å². The molecule has 0 bridgehead atoms. The number of carbonyl (C=O) groups is 1. The number of ether oxygens (including phenoxy) is 1. The molecule has 0 saturated heterocycles. The van der Waals surface area contributed by atoms with Crippen molar-refractivity contribution in [3.8, 4) is 11.8 Å². The summed E-state index contributed by atoms with van der Waals surface area (Å²) in [6.07, 6.45) is 0. The molecule has 2 rings (SSSR count). The number of amides is 1. The lowest BCUT2D eigenvalue weighted by Gasteiger charge is -2.09. The fourth-order valence-corrected chi connectivity index (χ4v) is 1.51. The van der Waals surface area contributed by atoms with E-state index in [-0.39, 0.29) is 11.5 Å². The minimum absolute atomic E-state index is 0.233. The molecular formula is C12H11N5O2. The molecule has 0 radical (unpaired) electrons. The van der Waals surface area contributed by atoms with E-state index < -0.39 is 5.91 Å². The van der Waals surface area contributed by atoms with Crippen molar-refractivity contribution >= 4 is 17.4 Å². The van der Waals surface area contributed by atoms with Crippen LogP contribution >= 0.6 is 0 Å². The minimum Gasteiger partial charge on any atom is -0.495 e. The molecule has 1 aromatic carbocycles. The maximum atomic E-state index is 11.9. The molecule has 7 heteroatoms. The van der Waals surface area contributed by atoms with Crippen molar-refractivity contribution in [2.45, 2.75) is 0 Å². The summed E-state index contributed by atoms with van der Waals surface area (Å²) in [5.41, 5.74) is 6.56. The molecule has 1 heterocycles. The SMILES string of the molecule is COc1cc(C#N)ccc1NC(=O)c1cc(N)n[nH]1. The molecule has 0 saturated carbocycles. The van der Waals surface area contributed by atoms with Crippen LogP contribution < -0.4 is 15.8 Å². The van der Waals surface area contributed by atoms with Gasteiger partial charge in [0, 0.05) is 12.1 Å². The van der Waals surface area contributed by atoms with Gasteiger partial charge in [-0.15, -0.1) is 0 Å². The zero-order chi connectivity index (χ0) is 13.8. The third kappa shape index (κ3) is 2.63. The van der Waals surface area contributed by atoms with Crippen LogP contribution in [0.4, 0.5) is 11.5 Å². The van der Waals surface area contributed by atoms with E-state index in [9.17, 15) is 4.79 Å². The van der Waals surface area contributed by atoms with Gasteiger partial charge in [-0.1, -0.05) is 0 Å². The monoisotopic (exact) mass is 257 g/mol. The molecular weight excluding hydrogens is 246 g/mol. The number of nitrogens with zero attached hydrogens (tertiary/aromatic N) is 2. The molecule has 0 spiro atoms. The number of nitrogens with two attached hydrogens (primary N) is 1. The van der Waals surface area contributed by atoms with Crippen LogP contribution in [-0.2, 0) is 0 Å². The summed E-state index contributed by atoms with van der Waals surface area (Å²) in [7, 11) is 1.46. The van der Waals surface area contributed by atoms with Gasteiger partial charge in [0.15, 0.2) is 0 Å². The zero-order valence-electron chi connectivity index (χ0n) is 10.1. The average molecular weight is 257 g/mol. The first-order valence-corrected chi connectivity index (χ1v) is 5.34. The number of benzene rings is 1. The highest BCUT2D eigenvalue weighted by Crippen LogP contribution is 2.25. The first kappa shape index (κ1) is 12.4. The van der Waals surface area contributed by atoms with Gasteiger partial charge in [-0.3, -0.25) is 9.89 Å². The average Bonchev–Trinajstić information content (AvgIpc) is 2.86. The Labute approximate surface area is 109 Å². The van der Waals surface area contributed by atoms with Crippen LogP contribution in [0.2, 0.25) is 0 Å². The Hall–Kier alpha value is -3.01. The lowest BCUT2D eigenvalue weighted by molar-refractivity contribution is 0.102. The van der Waals surface area contributed by atoms with Gasteiger partial charge in [-0.2, -0.15) is 10.4 Å². The number of aromatic amines is 1. The van der Waals surface area contributed by atoms with Crippen molar-refractivity contribution in [1.82, 2.24) is 10.2 Å². The highest BCUT2D eigenvalue weighted by molar-refractivity contribution is 6.04. The number of aromatic nitrogens is 2. The number of hydrogen-bond donors (Lipinski definition) is 3. The third-order valence-corrected chi connectivity index (χ3v) is 2.42. The molecule has 0 atom stereocenters. The molecule has 2 aromatic rings. The first-order chi connectivity index (χ1) is 9.13. The molecule has 0 aliphatic heterocycles. The molecule has 7 nitrogen and oxygen atoms in total. The summed E-state index contributed by atoms with van der Waals surface area (Å²) >= 11 is 0. The Bertz CT molecular complexity index is 656. The smallest absolute Gasteiger partial charge is 0.273 e. The zero-order valence-corrected chi connectivity index (χ0v) is 10.1. The van der Waals surface area contributed by atoms with Gasteiger partial charge in [0.25, 0.3) is 5.91 Å². The summed E-state index contributed by atoms with van der Waals surface area (Å²) in [5.74, 6) is 0.240. The fraction of sp³-hybridized carbons (Fsp3) is 0.0833. The van der Waals surface area contributed by atoms with E-state index >= 15 is 0 Å². The normalized spacial score (nSPS) is 9.68. The summed E-state index contributed by atoms with van der Waals surface area (Å²) in [5, 5.41) is 17.6. The Balaban J connectivity index is 2.24. The second kappa shape index (κ2) is 5.10. The van der Waals surface area contributed by atoms with Crippen LogP contribution in [0.1, 0.15) is 16.1 Å². The first-order valence-electron chi connectivity index (χ1n) is 5.34. The van der Waals surface area contributed by atoms with Gasteiger partial charge in [-0.05, 0) is 12.1 Å². The van der Waals surface area contributed by atoms with Crippen molar-refractivity contribution in [1.29, 1.82) is 5.26 Å². The van der Waals surface area contributed by atoms with Crippen LogP contribution in [-0.4, -0.2) is 23.2 Å². The van der Waals surface area contributed by atoms with Crippen LogP contribution in [0.15, 0.2) is 24.3 Å². The van der Waals surface area contributed by atoms with Crippen LogP contribution in [0.3, 0.4) is 0 Å². The van der Waals surface area contributed by atoms with E-state index in [0.29, 0.717) is 17.0 Å². The maximum Gasteiger partial charge on any atom is 0.273 e. The van der Waals surface area contributed by atoms with E-state index in [1.165, 1.54) is 19.2 Å². The largest absolute Gasteiger partial charge is 0.495 e. The second-order valence-electron chi connectivity index (χ2n) is 3.69. The number of carbonyl (C=O) groups excluding carboxylic acids is 1. The highest BCUT2D eigenvalue weighted by Gasteiger charge is 2.12. The molecule has 0 aliphatic rings. The minimum atomic E-state index is -0.396. The predicted molar refractivity (Wildman–Crippen MR) is 68.7 cm³/mol. The molecule has 0 unspecified atom stereocenters. The van der Waals surface area contributed by atoms with Crippen LogP contribution in [0.5, 0.6) is 5.75 Å². The lowest BCUT2D eigenvalue weighted by Crippen LogP contribution is -2.13. The van der Waals surface area contributed by atoms with Crippen molar-refractivity contribution in [2.75, 3.05) is 18.2 Å². The number of H-pyrrole nitrogens is 1.